The van der Waals surface area contributed by atoms with Crippen LogP contribution in [0.1, 0.15) is 20.8 Å². The van der Waals surface area contributed by atoms with E-state index in [1.54, 1.807) is 0 Å². The zero-order valence-corrected chi connectivity index (χ0v) is 15.4. The molecule has 1 fully saturated rings. The first-order valence-electron chi connectivity index (χ1n) is 8.65. The quantitative estimate of drug-likeness (QED) is 0.491. The highest BCUT2D eigenvalue weighted by molar-refractivity contribution is 6.15. The van der Waals surface area contributed by atoms with Gasteiger partial charge >= 0.3 is 11.9 Å². The smallest absolute Gasteiger partial charge is 0.350 e. The molecule has 0 aromatic heterocycles. The molecule has 1 aliphatic heterocycles. The largest absolute Gasteiger partial charge is 0.492 e. The Balaban J connectivity index is 1.91. The number of nitrogens with one attached hydrogen (secondary N) is 1. The number of hydrogen-bond donors (Lipinski definition) is 1. The van der Waals surface area contributed by atoms with Crippen LogP contribution in [-0.2, 0) is 19.1 Å². The third-order valence-corrected chi connectivity index (χ3v) is 3.88. The van der Waals surface area contributed by atoms with Gasteiger partial charge in [-0.15, -0.1) is 0 Å². The van der Waals surface area contributed by atoms with Gasteiger partial charge in [0.2, 0.25) is 0 Å². The molecule has 27 heavy (non-hydrogen) atoms. The molecule has 0 radical (unpaired) electrons. The Kier molecular flexibility index (Phi) is 5.16. The molecule has 0 unspecified atom stereocenters. The molecule has 0 saturated carbocycles. The monoisotopic (exact) mass is 367 g/mol. The van der Waals surface area contributed by atoms with Crippen LogP contribution in [0.3, 0.4) is 0 Å². The second-order valence-electron chi connectivity index (χ2n) is 6.39. The third kappa shape index (κ3) is 4.28. The van der Waals surface area contributed by atoms with Gasteiger partial charge in [-0.1, -0.05) is 36.4 Å². The lowest BCUT2D eigenvalue weighted by atomic mass is 10.0. The molecule has 0 bridgehead atoms. The van der Waals surface area contributed by atoms with Gasteiger partial charge in [-0.3, -0.25) is 0 Å². The molecule has 0 atom stereocenters. The number of cyclic esters (lactones) is 2. The summed E-state index contributed by atoms with van der Waals surface area (Å²) in [6.45, 7) is 5.37. The average molecular weight is 367 g/mol. The van der Waals surface area contributed by atoms with Crippen LogP contribution in [0.15, 0.2) is 60.3 Å². The average Bonchev–Trinajstić information content (AvgIpc) is 2.62. The van der Waals surface area contributed by atoms with Crippen molar-refractivity contribution < 1.29 is 23.8 Å². The van der Waals surface area contributed by atoms with E-state index in [1.807, 2.05) is 55.5 Å². The number of benzene rings is 2. The highest BCUT2D eigenvalue weighted by atomic mass is 16.7. The summed E-state index contributed by atoms with van der Waals surface area (Å²) in [5.74, 6) is -2.14. The fourth-order valence-corrected chi connectivity index (χ4v) is 2.66. The summed E-state index contributed by atoms with van der Waals surface area (Å²) in [5, 5.41) is 2.98. The van der Waals surface area contributed by atoms with E-state index >= 15 is 0 Å². The zero-order valence-electron chi connectivity index (χ0n) is 15.4. The normalized spacial score (nSPS) is 15.6. The molecule has 1 saturated heterocycles. The van der Waals surface area contributed by atoms with Crippen molar-refractivity contribution in [3.05, 3.63) is 60.3 Å². The van der Waals surface area contributed by atoms with Gasteiger partial charge in [0.25, 0.3) is 5.79 Å². The Morgan fingerprint density at radius 2 is 1.67 bits per heavy atom. The topological polar surface area (TPSA) is 73.9 Å². The number of esters is 2. The van der Waals surface area contributed by atoms with Gasteiger partial charge < -0.3 is 19.5 Å². The highest BCUT2D eigenvalue weighted by Crippen LogP contribution is 2.31. The first-order chi connectivity index (χ1) is 12.9. The molecule has 0 aliphatic carbocycles. The van der Waals surface area contributed by atoms with Gasteiger partial charge in [0.15, 0.2) is 5.57 Å². The first kappa shape index (κ1) is 18.5. The van der Waals surface area contributed by atoms with Crippen LogP contribution in [0.25, 0.3) is 11.1 Å². The molecule has 140 valence electrons. The predicted octanol–water partition coefficient (Wildman–Crippen LogP) is 3.88. The Hall–Kier alpha value is -3.28. The van der Waals surface area contributed by atoms with Crippen molar-refractivity contribution in [1.29, 1.82) is 0 Å². The Bertz CT molecular complexity index is 865. The van der Waals surface area contributed by atoms with E-state index in [1.165, 1.54) is 20.0 Å². The first-order valence-corrected chi connectivity index (χ1v) is 8.65. The summed E-state index contributed by atoms with van der Waals surface area (Å²) in [6.07, 6.45) is 1.28. The third-order valence-electron chi connectivity index (χ3n) is 3.88. The van der Waals surface area contributed by atoms with Crippen LogP contribution in [0.5, 0.6) is 5.75 Å². The summed E-state index contributed by atoms with van der Waals surface area (Å²) in [4.78, 5) is 24.2. The Labute approximate surface area is 157 Å². The standard InChI is InChI=1S/C21H21NO5/c1-4-25-18-11-10-15(14-8-6-5-7-9-14)12-17(18)22-13-16-19(23)26-21(2,3)27-20(16)24/h5-13,22H,4H2,1-3H3. The van der Waals surface area contributed by atoms with Gasteiger partial charge in [-0.25, -0.2) is 9.59 Å². The maximum atomic E-state index is 12.1. The number of anilines is 1. The minimum atomic E-state index is -1.27. The van der Waals surface area contributed by atoms with Crippen molar-refractivity contribution in [3.63, 3.8) is 0 Å². The number of carbonyl (C=O) groups is 2. The van der Waals surface area contributed by atoms with E-state index in [0.29, 0.717) is 18.0 Å². The van der Waals surface area contributed by atoms with Crippen LogP contribution in [0, 0.1) is 0 Å². The zero-order chi connectivity index (χ0) is 19.4. The number of hydrogen-bond acceptors (Lipinski definition) is 6. The predicted molar refractivity (Wildman–Crippen MR) is 101 cm³/mol. The number of rotatable bonds is 5. The van der Waals surface area contributed by atoms with Crippen molar-refractivity contribution in [2.45, 2.75) is 26.6 Å². The van der Waals surface area contributed by atoms with Crippen molar-refractivity contribution in [1.82, 2.24) is 0 Å². The molecule has 0 spiro atoms. The minimum Gasteiger partial charge on any atom is -0.492 e. The molecule has 1 N–H and O–H groups in total. The second kappa shape index (κ2) is 7.53. The fraction of sp³-hybridized carbons (Fsp3) is 0.238. The molecule has 3 rings (SSSR count). The molecule has 2 aromatic carbocycles. The number of carbonyl (C=O) groups excluding carboxylic acids is 2. The van der Waals surface area contributed by atoms with E-state index in [0.717, 1.165) is 11.1 Å². The maximum Gasteiger partial charge on any atom is 0.350 e. The summed E-state index contributed by atoms with van der Waals surface area (Å²) in [7, 11) is 0. The summed E-state index contributed by atoms with van der Waals surface area (Å²) in [6, 6.07) is 15.5. The van der Waals surface area contributed by atoms with E-state index in [9.17, 15) is 9.59 Å². The second-order valence-corrected chi connectivity index (χ2v) is 6.39. The summed E-state index contributed by atoms with van der Waals surface area (Å²) < 4.78 is 15.8. The van der Waals surface area contributed by atoms with Crippen molar-refractivity contribution >= 4 is 17.6 Å². The molecule has 6 nitrogen and oxygen atoms in total. The lowest BCUT2D eigenvalue weighted by Crippen LogP contribution is -2.42. The molecular formula is C21H21NO5. The Morgan fingerprint density at radius 3 is 2.30 bits per heavy atom. The van der Waals surface area contributed by atoms with E-state index in [2.05, 4.69) is 5.32 Å². The van der Waals surface area contributed by atoms with Crippen LogP contribution >= 0.6 is 0 Å². The van der Waals surface area contributed by atoms with Crippen LogP contribution in [0.4, 0.5) is 5.69 Å². The van der Waals surface area contributed by atoms with Gasteiger partial charge in [0, 0.05) is 20.0 Å². The molecular weight excluding hydrogens is 346 g/mol. The van der Waals surface area contributed by atoms with Crippen molar-refractivity contribution in [3.8, 4) is 16.9 Å². The molecule has 1 heterocycles. The van der Waals surface area contributed by atoms with Gasteiger partial charge in [0.1, 0.15) is 5.75 Å². The van der Waals surface area contributed by atoms with Gasteiger partial charge in [0.05, 0.1) is 12.3 Å². The van der Waals surface area contributed by atoms with Crippen molar-refractivity contribution in [2.24, 2.45) is 0 Å². The SMILES string of the molecule is CCOc1ccc(-c2ccccc2)cc1NC=C1C(=O)OC(C)(C)OC1=O. The molecule has 0 amide bonds. The van der Waals surface area contributed by atoms with Gasteiger partial charge in [-0.05, 0) is 30.2 Å². The lowest BCUT2D eigenvalue weighted by molar-refractivity contribution is -0.222. The van der Waals surface area contributed by atoms with E-state index < -0.39 is 17.7 Å². The lowest BCUT2D eigenvalue weighted by Gasteiger charge is -2.29. The molecule has 2 aromatic rings. The van der Waals surface area contributed by atoms with E-state index in [4.69, 9.17) is 14.2 Å². The number of ether oxygens (including phenoxy) is 3. The summed E-state index contributed by atoms with van der Waals surface area (Å²) in [5.41, 5.74) is 2.42. The highest BCUT2D eigenvalue weighted by Gasteiger charge is 2.39. The Morgan fingerprint density at radius 1 is 1.00 bits per heavy atom. The van der Waals surface area contributed by atoms with Crippen LogP contribution in [0.2, 0.25) is 0 Å². The maximum absolute atomic E-state index is 12.1. The summed E-state index contributed by atoms with van der Waals surface area (Å²) >= 11 is 0. The fourth-order valence-electron chi connectivity index (χ4n) is 2.66. The van der Waals surface area contributed by atoms with Crippen LogP contribution in [-0.4, -0.2) is 24.3 Å². The van der Waals surface area contributed by atoms with Crippen LogP contribution < -0.4 is 10.1 Å². The molecule has 6 heteroatoms. The van der Waals surface area contributed by atoms with Crippen molar-refractivity contribution in [2.75, 3.05) is 11.9 Å². The minimum absolute atomic E-state index is 0.207. The molecule has 1 aliphatic rings. The van der Waals surface area contributed by atoms with Gasteiger partial charge in [-0.2, -0.15) is 0 Å². The van der Waals surface area contributed by atoms with E-state index in [-0.39, 0.29) is 5.57 Å².